The molecular weight excluding hydrogens is 421 g/mol. The minimum Gasteiger partial charge on any atom is -0.507 e. The maximum atomic E-state index is 14.8. The monoisotopic (exact) mass is 449 g/mol. The lowest BCUT2D eigenvalue weighted by Crippen LogP contribution is -2.58. The molecule has 172 valence electrons. The number of pyridine rings is 1. The normalized spacial score (nSPS) is 26.4. The van der Waals surface area contributed by atoms with E-state index >= 15 is 0 Å². The largest absolute Gasteiger partial charge is 0.507 e. The van der Waals surface area contributed by atoms with Gasteiger partial charge >= 0.3 is 0 Å². The van der Waals surface area contributed by atoms with Gasteiger partial charge in [-0.1, -0.05) is 0 Å². The Labute approximate surface area is 191 Å². The molecule has 8 heteroatoms. The van der Waals surface area contributed by atoms with E-state index in [-0.39, 0.29) is 33.5 Å². The zero-order chi connectivity index (χ0) is 23.4. The lowest BCUT2D eigenvalue weighted by atomic mass is 9.84. The van der Waals surface area contributed by atoms with E-state index in [9.17, 15) is 14.3 Å². The number of H-pyrrole nitrogens is 1. The van der Waals surface area contributed by atoms with Crippen molar-refractivity contribution in [1.82, 2.24) is 20.5 Å². The molecule has 3 atom stereocenters. The van der Waals surface area contributed by atoms with Crippen LogP contribution in [0.15, 0.2) is 47.4 Å². The van der Waals surface area contributed by atoms with Crippen LogP contribution >= 0.6 is 0 Å². The van der Waals surface area contributed by atoms with Gasteiger partial charge in [-0.05, 0) is 75.4 Å². The van der Waals surface area contributed by atoms with Crippen LogP contribution in [0.4, 0.5) is 10.2 Å². The predicted octanol–water partition coefficient (Wildman–Crippen LogP) is 3.84. The van der Waals surface area contributed by atoms with Crippen molar-refractivity contribution >= 4 is 5.82 Å². The van der Waals surface area contributed by atoms with Crippen LogP contribution in [0.3, 0.4) is 0 Å². The summed E-state index contributed by atoms with van der Waals surface area (Å²) in [4.78, 5) is 16.2. The molecular formula is C25H28FN5O2. The van der Waals surface area contributed by atoms with Crippen molar-refractivity contribution in [3.8, 4) is 28.1 Å². The Hall–Kier alpha value is -3.26. The van der Waals surface area contributed by atoms with Crippen molar-refractivity contribution < 1.29 is 9.50 Å². The van der Waals surface area contributed by atoms with Gasteiger partial charge in [-0.2, -0.15) is 0 Å². The molecule has 0 amide bonds. The topological polar surface area (TPSA) is 94.1 Å². The number of aromatic nitrogens is 3. The third kappa shape index (κ3) is 3.99. The standard InChI is InChI=1S/C25H28FN5O2/c1-24-7-8-25(2,30-24)14-16(13-24)31(3)22-5-4-20(28-29-22)18-11-19(26)17(12-21(18)32)15-6-9-27-23(33)10-15/h4-6,9-12,16,30,32H,7-8,13-14H2,1-3H3,(H,27,33)/t16-,24+,25-. The van der Waals surface area contributed by atoms with Crippen molar-refractivity contribution in [1.29, 1.82) is 0 Å². The first-order valence-electron chi connectivity index (χ1n) is 11.2. The summed E-state index contributed by atoms with van der Waals surface area (Å²) in [5.74, 6) is 0.0678. The van der Waals surface area contributed by atoms with E-state index in [1.165, 1.54) is 37.2 Å². The molecule has 0 aliphatic carbocycles. The highest BCUT2D eigenvalue weighted by Crippen LogP contribution is 2.44. The minimum absolute atomic E-state index is 0.127. The zero-order valence-electron chi connectivity index (χ0n) is 19.0. The van der Waals surface area contributed by atoms with Crippen LogP contribution in [-0.4, -0.2) is 44.5 Å². The molecule has 2 saturated heterocycles. The first-order valence-corrected chi connectivity index (χ1v) is 11.2. The van der Waals surface area contributed by atoms with Gasteiger partial charge < -0.3 is 20.3 Å². The minimum atomic E-state index is -0.553. The first-order chi connectivity index (χ1) is 15.6. The number of halogens is 1. The van der Waals surface area contributed by atoms with Crippen LogP contribution in [0.2, 0.25) is 0 Å². The molecule has 4 heterocycles. The van der Waals surface area contributed by atoms with E-state index in [1.54, 1.807) is 12.1 Å². The van der Waals surface area contributed by atoms with Crippen LogP contribution in [0, 0.1) is 5.82 Å². The molecule has 2 aliphatic heterocycles. The summed E-state index contributed by atoms with van der Waals surface area (Å²) in [6, 6.07) is 9.37. The number of phenolic OH excluding ortho intramolecular Hbond substituents is 1. The lowest BCUT2D eigenvalue weighted by molar-refractivity contribution is 0.207. The second-order valence-electron chi connectivity index (χ2n) is 9.99. The molecule has 0 saturated carbocycles. The molecule has 3 aromatic rings. The number of fused-ring (bicyclic) bond motifs is 2. The molecule has 0 radical (unpaired) electrons. The number of aromatic hydroxyl groups is 1. The third-order valence-electron chi connectivity index (χ3n) is 7.21. The highest BCUT2D eigenvalue weighted by atomic mass is 19.1. The Balaban J connectivity index is 1.40. The Kier molecular flexibility index (Phi) is 5.01. The number of aromatic amines is 1. The summed E-state index contributed by atoms with van der Waals surface area (Å²) in [5, 5.41) is 23.0. The number of hydrogen-bond donors (Lipinski definition) is 3. The predicted molar refractivity (Wildman–Crippen MR) is 126 cm³/mol. The molecule has 2 bridgehead atoms. The fourth-order valence-electron chi connectivity index (χ4n) is 5.54. The number of benzene rings is 1. The maximum absolute atomic E-state index is 14.8. The van der Waals surface area contributed by atoms with E-state index in [0.717, 1.165) is 18.7 Å². The van der Waals surface area contributed by atoms with Gasteiger partial charge in [-0.25, -0.2) is 4.39 Å². The first kappa shape index (κ1) is 21.6. The van der Waals surface area contributed by atoms with Crippen LogP contribution in [0.5, 0.6) is 5.75 Å². The molecule has 2 aromatic heterocycles. The molecule has 7 nitrogen and oxygen atoms in total. The number of rotatable bonds is 4. The Morgan fingerprint density at radius 2 is 1.79 bits per heavy atom. The zero-order valence-corrected chi connectivity index (χ0v) is 19.0. The van der Waals surface area contributed by atoms with Gasteiger partial charge in [0.15, 0.2) is 5.82 Å². The number of phenols is 1. The van der Waals surface area contributed by atoms with Crippen molar-refractivity contribution in [3.05, 3.63) is 58.8 Å². The van der Waals surface area contributed by atoms with Gasteiger partial charge in [-0.3, -0.25) is 4.79 Å². The molecule has 5 rings (SSSR count). The van der Waals surface area contributed by atoms with E-state index in [1.807, 2.05) is 13.1 Å². The quantitative estimate of drug-likeness (QED) is 0.560. The van der Waals surface area contributed by atoms with Crippen LogP contribution in [0.25, 0.3) is 22.4 Å². The Morgan fingerprint density at radius 1 is 1.06 bits per heavy atom. The molecule has 3 N–H and O–H groups in total. The third-order valence-corrected chi connectivity index (χ3v) is 7.21. The molecule has 33 heavy (non-hydrogen) atoms. The van der Waals surface area contributed by atoms with Gasteiger partial charge in [-0.15, -0.1) is 10.2 Å². The SMILES string of the molecule is CN(c1ccc(-c2cc(F)c(-c3cc[nH]c(=O)c3)cc2O)nn1)[C@@H]1C[C@]2(C)CC[C@](C)(C1)N2. The summed E-state index contributed by atoms with van der Waals surface area (Å²) < 4.78 is 14.8. The Bertz CT molecular complexity index is 1240. The van der Waals surface area contributed by atoms with Crippen molar-refractivity contribution in [2.75, 3.05) is 11.9 Å². The Morgan fingerprint density at radius 3 is 2.42 bits per heavy atom. The smallest absolute Gasteiger partial charge is 0.248 e. The average molecular weight is 450 g/mol. The van der Waals surface area contributed by atoms with Gasteiger partial charge in [0.05, 0.1) is 5.69 Å². The second-order valence-corrected chi connectivity index (χ2v) is 9.99. The molecule has 0 unspecified atom stereocenters. The van der Waals surface area contributed by atoms with E-state index < -0.39 is 5.82 Å². The van der Waals surface area contributed by atoms with Crippen molar-refractivity contribution in [3.63, 3.8) is 0 Å². The molecule has 0 spiro atoms. The van der Waals surface area contributed by atoms with Gasteiger partial charge in [0.2, 0.25) is 5.56 Å². The molecule has 2 aliphatic rings. The van der Waals surface area contributed by atoms with Gasteiger partial charge in [0, 0.05) is 47.6 Å². The fraction of sp³-hybridized carbons (Fsp3) is 0.400. The molecule has 1 aromatic carbocycles. The number of nitrogens with one attached hydrogen (secondary N) is 2. The number of piperidine rings is 1. The van der Waals surface area contributed by atoms with Gasteiger partial charge in [0.1, 0.15) is 11.6 Å². The van der Waals surface area contributed by atoms with Crippen LogP contribution in [0.1, 0.15) is 39.5 Å². The lowest BCUT2D eigenvalue weighted by Gasteiger charge is -2.45. The summed E-state index contributed by atoms with van der Waals surface area (Å²) in [5.41, 5.74) is 1.12. The summed E-state index contributed by atoms with van der Waals surface area (Å²) in [7, 11) is 2.04. The highest BCUT2D eigenvalue weighted by Gasteiger charge is 2.49. The van der Waals surface area contributed by atoms with Crippen molar-refractivity contribution in [2.45, 2.75) is 56.7 Å². The number of anilines is 1. The fourth-order valence-corrected chi connectivity index (χ4v) is 5.54. The number of hydrogen-bond acceptors (Lipinski definition) is 6. The molecule has 2 fully saturated rings. The van der Waals surface area contributed by atoms with Crippen molar-refractivity contribution in [2.24, 2.45) is 0 Å². The second kappa shape index (κ2) is 7.66. The highest BCUT2D eigenvalue weighted by molar-refractivity contribution is 5.74. The number of nitrogens with zero attached hydrogens (tertiary/aromatic N) is 3. The summed E-state index contributed by atoms with van der Waals surface area (Å²) >= 11 is 0. The van der Waals surface area contributed by atoms with E-state index in [4.69, 9.17) is 0 Å². The van der Waals surface area contributed by atoms with Gasteiger partial charge in [0.25, 0.3) is 0 Å². The van der Waals surface area contributed by atoms with E-state index in [2.05, 4.69) is 39.2 Å². The summed E-state index contributed by atoms with van der Waals surface area (Å²) in [6.07, 6.45) is 5.88. The maximum Gasteiger partial charge on any atom is 0.248 e. The van der Waals surface area contributed by atoms with Crippen LogP contribution < -0.4 is 15.8 Å². The average Bonchev–Trinajstić information content (AvgIpc) is 3.01. The van der Waals surface area contributed by atoms with E-state index in [0.29, 0.717) is 17.3 Å². The summed E-state index contributed by atoms with van der Waals surface area (Å²) in [6.45, 7) is 4.58. The van der Waals surface area contributed by atoms with Crippen LogP contribution in [-0.2, 0) is 0 Å².